The fourth-order valence-corrected chi connectivity index (χ4v) is 2.39. The number of carbonyl (C=O) groups excluding carboxylic acids is 2. The summed E-state index contributed by atoms with van der Waals surface area (Å²) in [6.45, 7) is 1.26. The normalized spacial score (nSPS) is 10.4. The second-order valence-corrected chi connectivity index (χ2v) is 5.63. The Bertz CT molecular complexity index is 931. The maximum atomic E-state index is 12.8. The first kappa shape index (κ1) is 19.0. The Morgan fingerprint density at radius 1 is 1.27 bits per heavy atom. The molecule has 1 heterocycles. The van der Waals surface area contributed by atoms with Crippen molar-refractivity contribution in [1.82, 2.24) is 9.55 Å². The van der Waals surface area contributed by atoms with Gasteiger partial charge in [-0.25, -0.2) is 4.79 Å². The summed E-state index contributed by atoms with van der Waals surface area (Å²) in [5.41, 5.74) is 5.83. The molecule has 2 aromatic rings. The van der Waals surface area contributed by atoms with E-state index in [1.165, 1.54) is 25.1 Å². The van der Waals surface area contributed by atoms with Crippen molar-refractivity contribution in [3.63, 3.8) is 0 Å². The number of para-hydroxylation sites is 2. The maximum Gasteiger partial charge on any atom is 0.328 e. The largest absolute Gasteiger partial charge is 0.469 e. The lowest BCUT2D eigenvalue weighted by molar-refractivity contribution is -0.140. The highest BCUT2D eigenvalue weighted by atomic mass is 16.5. The number of hydrogen-bond donors (Lipinski definition) is 2. The fraction of sp³-hybridized carbons (Fsp3) is 0.294. The molecule has 0 bridgehead atoms. The number of esters is 1. The third-order valence-electron chi connectivity index (χ3n) is 3.79. The number of amides is 1. The van der Waals surface area contributed by atoms with Gasteiger partial charge in [-0.15, -0.1) is 0 Å². The zero-order valence-electron chi connectivity index (χ0n) is 14.5. The van der Waals surface area contributed by atoms with Crippen molar-refractivity contribution in [3.8, 4) is 0 Å². The molecule has 26 heavy (non-hydrogen) atoms. The van der Waals surface area contributed by atoms with Crippen LogP contribution in [0, 0.1) is 6.92 Å². The van der Waals surface area contributed by atoms with Crippen LogP contribution in [-0.2, 0) is 20.9 Å². The molecule has 0 fully saturated rings. The number of nitrogens with one attached hydrogen (secondary N) is 1. The molecule has 1 amide bonds. The molecule has 3 N–H and O–H groups in total. The lowest BCUT2D eigenvalue weighted by Crippen LogP contribution is -2.40. The molecule has 0 radical (unpaired) electrons. The third kappa shape index (κ3) is 4.38. The highest BCUT2D eigenvalue weighted by molar-refractivity contribution is 5.96. The molecule has 2 rings (SSSR count). The molecule has 138 valence electrons. The predicted molar refractivity (Wildman–Crippen MR) is 95.9 cm³/mol. The molecule has 1 aromatic heterocycles. The van der Waals surface area contributed by atoms with E-state index < -0.39 is 23.1 Å². The van der Waals surface area contributed by atoms with Crippen molar-refractivity contribution in [2.45, 2.75) is 19.9 Å². The number of carbonyl (C=O) groups is 2. The smallest absolute Gasteiger partial charge is 0.328 e. The maximum absolute atomic E-state index is 12.8. The van der Waals surface area contributed by atoms with Gasteiger partial charge in [0.1, 0.15) is 6.54 Å². The number of nitrogens with two attached hydrogens (primary N) is 1. The predicted octanol–water partition coefficient (Wildman–Crippen LogP) is 0.0235. The van der Waals surface area contributed by atoms with Crippen LogP contribution in [0.4, 0.5) is 11.4 Å². The average Bonchev–Trinajstić information content (AvgIpc) is 2.61. The Kier molecular flexibility index (Phi) is 5.94. The van der Waals surface area contributed by atoms with Crippen molar-refractivity contribution in [2.24, 2.45) is 0 Å². The molecule has 9 heteroatoms. The molecule has 9 nitrogen and oxygen atoms in total. The lowest BCUT2D eigenvalue weighted by atomic mass is 10.2. The minimum atomic E-state index is -0.692. The summed E-state index contributed by atoms with van der Waals surface area (Å²) in [5, 5.41) is 0. The van der Waals surface area contributed by atoms with E-state index in [1.807, 2.05) is 0 Å². The van der Waals surface area contributed by atoms with Gasteiger partial charge in [-0.05, 0) is 19.1 Å². The van der Waals surface area contributed by atoms with Gasteiger partial charge in [0.05, 0.1) is 24.9 Å². The van der Waals surface area contributed by atoms with Crippen molar-refractivity contribution >= 4 is 23.3 Å². The molecule has 0 spiro atoms. The number of rotatable bonds is 6. The van der Waals surface area contributed by atoms with E-state index >= 15 is 0 Å². The molecular formula is C17H20N4O5. The number of hydrogen-bond acceptors (Lipinski definition) is 6. The number of nitrogen functional groups attached to an aromatic ring is 1. The standard InChI is InChI=1S/C17H20N4O5/c1-11-9-20(17(25)19-16(11)24)10-14(22)21(8-7-15(23)26-2)13-6-4-3-5-12(13)18/h3-6,9H,7-8,10,18H2,1-2H3,(H,19,24,25). The zero-order chi connectivity index (χ0) is 19.3. The summed E-state index contributed by atoms with van der Waals surface area (Å²) in [6, 6.07) is 6.70. The van der Waals surface area contributed by atoms with Gasteiger partial charge in [-0.3, -0.25) is 23.9 Å². The summed E-state index contributed by atoms with van der Waals surface area (Å²) in [6.07, 6.45) is 1.28. The molecule has 0 saturated carbocycles. The molecule has 0 unspecified atom stereocenters. The summed E-state index contributed by atoms with van der Waals surface area (Å²) >= 11 is 0. The number of aryl methyl sites for hydroxylation is 1. The molecule has 0 aliphatic rings. The number of benzene rings is 1. The number of anilines is 2. The van der Waals surface area contributed by atoms with Crippen LogP contribution in [0.5, 0.6) is 0 Å². The van der Waals surface area contributed by atoms with Crippen molar-refractivity contribution in [1.29, 1.82) is 0 Å². The Morgan fingerprint density at radius 3 is 2.62 bits per heavy atom. The van der Waals surface area contributed by atoms with Crippen LogP contribution in [-0.4, -0.2) is 35.1 Å². The first-order chi connectivity index (χ1) is 12.3. The van der Waals surface area contributed by atoms with Crippen LogP contribution in [0.25, 0.3) is 0 Å². The van der Waals surface area contributed by atoms with Gasteiger partial charge in [0.15, 0.2) is 0 Å². The van der Waals surface area contributed by atoms with Crippen LogP contribution in [0.2, 0.25) is 0 Å². The number of nitrogens with zero attached hydrogens (tertiary/aromatic N) is 2. The minimum Gasteiger partial charge on any atom is -0.469 e. The SMILES string of the molecule is COC(=O)CCN(C(=O)Cn1cc(C)c(=O)[nH]c1=O)c1ccccc1N. The van der Waals surface area contributed by atoms with Gasteiger partial charge in [-0.2, -0.15) is 0 Å². The molecule has 0 aliphatic carbocycles. The number of H-pyrrole nitrogens is 1. The topological polar surface area (TPSA) is 127 Å². The molecule has 0 aliphatic heterocycles. The van der Waals surface area contributed by atoms with Crippen LogP contribution in [0.15, 0.2) is 40.1 Å². The molecular weight excluding hydrogens is 340 g/mol. The summed E-state index contributed by atoms with van der Waals surface area (Å²) in [5.74, 6) is -0.935. The van der Waals surface area contributed by atoms with Crippen molar-refractivity contribution < 1.29 is 14.3 Å². The molecule has 0 atom stereocenters. The van der Waals surface area contributed by atoms with Crippen molar-refractivity contribution in [2.75, 3.05) is 24.3 Å². The van der Waals surface area contributed by atoms with Gasteiger partial charge in [-0.1, -0.05) is 12.1 Å². The van der Waals surface area contributed by atoms with E-state index in [-0.39, 0.29) is 19.5 Å². The Morgan fingerprint density at radius 2 is 1.96 bits per heavy atom. The lowest BCUT2D eigenvalue weighted by Gasteiger charge is -2.24. The highest BCUT2D eigenvalue weighted by Crippen LogP contribution is 2.23. The zero-order valence-corrected chi connectivity index (χ0v) is 14.5. The number of methoxy groups -OCH3 is 1. The van der Waals surface area contributed by atoms with E-state index in [2.05, 4.69) is 9.72 Å². The first-order valence-corrected chi connectivity index (χ1v) is 7.85. The van der Waals surface area contributed by atoms with Gasteiger partial charge in [0, 0.05) is 18.3 Å². The van der Waals surface area contributed by atoms with E-state index in [4.69, 9.17) is 5.73 Å². The van der Waals surface area contributed by atoms with E-state index in [0.717, 1.165) is 4.57 Å². The van der Waals surface area contributed by atoms with E-state index in [9.17, 15) is 19.2 Å². The Labute approximate surface area is 149 Å². The number of aromatic amines is 1. The minimum absolute atomic E-state index is 0.0316. The van der Waals surface area contributed by atoms with Crippen LogP contribution in [0.3, 0.4) is 0 Å². The van der Waals surface area contributed by atoms with E-state index in [1.54, 1.807) is 24.3 Å². The summed E-state index contributed by atoms with van der Waals surface area (Å²) in [7, 11) is 1.26. The van der Waals surface area contributed by atoms with Gasteiger partial charge in [0.2, 0.25) is 5.91 Å². The summed E-state index contributed by atoms with van der Waals surface area (Å²) in [4.78, 5) is 51.1. The van der Waals surface area contributed by atoms with Gasteiger partial charge in [0.25, 0.3) is 5.56 Å². The third-order valence-corrected chi connectivity index (χ3v) is 3.79. The van der Waals surface area contributed by atoms with Crippen molar-refractivity contribution in [3.05, 3.63) is 56.9 Å². The summed E-state index contributed by atoms with van der Waals surface area (Å²) < 4.78 is 5.71. The average molecular weight is 360 g/mol. The van der Waals surface area contributed by atoms with Crippen LogP contribution >= 0.6 is 0 Å². The second kappa shape index (κ2) is 8.15. The Hall–Kier alpha value is -3.36. The van der Waals surface area contributed by atoms with Gasteiger partial charge < -0.3 is 15.4 Å². The molecule has 1 aromatic carbocycles. The first-order valence-electron chi connectivity index (χ1n) is 7.85. The number of ether oxygens (including phenoxy) is 1. The highest BCUT2D eigenvalue weighted by Gasteiger charge is 2.20. The Balaban J connectivity index is 2.32. The molecule has 0 saturated heterocycles. The monoisotopic (exact) mass is 360 g/mol. The van der Waals surface area contributed by atoms with E-state index in [0.29, 0.717) is 16.9 Å². The fourth-order valence-electron chi connectivity index (χ4n) is 2.39. The van der Waals surface area contributed by atoms with Gasteiger partial charge >= 0.3 is 11.7 Å². The van der Waals surface area contributed by atoms with Crippen LogP contribution in [0.1, 0.15) is 12.0 Å². The number of aromatic nitrogens is 2. The quantitative estimate of drug-likeness (QED) is 0.552. The second-order valence-electron chi connectivity index (χ2n) is 5.63. The van der Waals surface area contributed by atoms with Crippen LogP contribution < -0.4 is 21.9 Å².